The molecule has 0 bridgehead atoms. The maximum absolute atomic E-state index is 12.9. The number of hydrogen-bond donors (Lipinski definition) is 6. The molecule has 14 nitrogen and oxygen atoms in total. The van der Waals surface area contributed by atoms with Crippen LogP contribution in [0.15, 0.2) is 0 Å². The summed E-state index contributed by atoms with van der Waals surface area (Å²) in [6.45, 7) is 21.0. The van der Waals surface area contributed by atoms with Crippen molar-refractivity contribution in [1.29, 1.82) is 0 Å². The number of ether oxygens (including phenoxy) is 2. The van der Waals surface area contributed by atoms with Crippen molar-refractivity contribution >= 4 is 46.5 Å². The Morgan fingerprint density at radius 1 is 0.660 bits per heavy atom. The summed E-state index contributed by atoms with van der Waals surface area (Å²) in [5, 5.41) is 27.9. The third-order valence-corrected chi connectivity index (χ3v) is 8.25. The average molecular weight is 733 g/mol. The molecule has 0 heterocycles. The fourth-order valence-electron chi connectivity index (χ4n) is 4.74. The maximum atomic E-state index is 12.9. The van der Waals surface area contributed by atoms with E-state index in [0.29, 0.717) is 44.2 Å². The van der Waals surface area contributed by atoms with Crippen molar-refractivity contribution in [3.8, 4) is 0 Å². The Hall–Kier alpha value is -2.75. The highest BCUT2D eigenvalue weighted by Gasteiger charge is 2.31. The van der Waals surface area contributed by atoms with Gasteiger partial charge >= 0.3 is 11.3 Å². The first-order valence-electron chi connectivity index (χ1n) is 17.3. The van der Waals surface area contributed by atoms with Crippen LogP contribution in [0.5, 0.6) is 0 Å². The molecular formula is C35H64N4O10S. The lowest BCUT2D eigenvalue weighted by molar-refractivity contribution is -0.141. The van der Waals surface area contributed by atoms with Crippen LogP contribution in [-0.4, -0.2) is 106 Å². The number of ketones is 1. The zero-order chi connectivity index (χ0) is 38.8. The van der Waals surface area contributed by atoms with Gasteiger partial charge in [0.25, 0.3) is 0 Å². The lowest BCUT2D eigenvalue weighted by Crippen LogP contribution is -2.50. The molecule has 3 amide bonds. The number of rotatable bonds is 25. The summed E-state index contributed by atoms with van der Waals surface area (Å²) in [7, 11) is 0. The van der Waals surface area contributed by atoms with E-state index in [1.807, 2.05) is 48.5 Å². The topological polar surface area (TPSA) is 209 Å². The van der Waals surface area contributed by atoms with E-state index in [1.54, 1.807) is 0 Å². The van der Waals surface area contributed by atoms with Crippen LogP contribution < -0.4 is 21.3 Å². The second kappa shape index (κ2) is 22.2. The van der Waals surface area contributed by atoms with E-state index >= 15 is 0 Å². The summed E-state index contributed by atoms with van der Waals surface area (Å²) >= 11 is 0.335. The fourth-order valence-corrected chi connectivity index (χ4v) is 5.08. The van der Waals surface area contributed by atoms with E-state index in [0.717, 1.165) is 19.3 Å². The number of hydrogen-bond acceptors (Lipinski definition) is 10. The molecule has 15 heteroatoms. The van der Waals surface area contributed by atoms with Crippen LogP contribution in [0.4, 0.5) is 4.79 Å². The van der Waals surface area contributed by atoms with Gasteiger partial charge in [0.05, 0.1) is 36.2 Å². The van der Waals surface area contributed by atoms with Gasteiger partial charge in [0, 0.05) is 36.9 Å². The van der Waals surface area contributed by atoms with Crippen molar-refractivity contribution in [2.75, 3.05) is 32.1 Å². The van der Waals surface area contributed by atoms with E-state index in [2.05, 4.69) is 42.0 Å². The second-order valence-electron chi connectivity index (χ2n) is 15.8. The minimum atomic E-state index is -1.32. The Balaban J connectivity index is 4.34. The molecule has 50 heavy (non-hydrogen) atoms. The molecule has 0 saturated carbocycles. The normalized spacial score (nSPS) is 13.6. The third kappa shape index (κ3) is 24.4. The molecule has 0 aliphatic carbocycles. The standard InChI is InChI=1S/C35H64N4O10S/c1-32(2,3)29(43)24(39-33(4,5)6)13-11-12-19-36-27(41)16-17-34(7,8)48-21-18-35(9,10)49-22-20-37-26(40)15-14-25(30(44)45)38-28(42)23-50-31(46)47/h24-25,39H,11-23H2,1-10H3,(H,36,41)(H,37,40)(H,38,42)(H,44,45)(H,46,47)/t24-,25-/m0/s1. The summed E-state index contributed by atoms with van der Waals surface area (Å²) in [5.41, 5.74) is -1.68. The molecule has 0 saturated heterocycles. The molecule has 0 radical (unpaired) electrons. The molecule has 0 aliphatic rings. The van der Waals surface area contributed by atoms with Crippen molar-refractivity contribution in [3.63, 3.8) is 0 Å². The molecule has 0 aromatic rings. The van der Waals surface area contributed by atoms with Gasteiger partial charge in [-0.25, -0.2) is 9.59 Å². The van der Waals surface area contributed by atoms with Gasteiger partial charge in [-0.15, -0.1) is 0 Å². The van der Waals surface area contributed by atoms with Crippen molar-refractivity contribution < 1.29 is 48.5 Å². The number of amides is 3. The van der Waals surface area contributed by atoms with Crippen LogP contribution in [0.25, 0.3) is 0 Å². The number of nitrogens with one attached hydrogen (secondary N) is 4. The lowest BCUT2D eigenvalue weighted by Gasteiger charge is -2.32. The number of unbranched alkanes of at least 4 members (excludes halogenated alkanes) is 1. The predicted octanol–water partition coefficient (Wildman–Crippen LogP) is 4.28. The first-order chi connectivity index (χ1) is 22.8. The number of thioether (sulfide) groups is 1. The summed E-state index contributed by atoms with van der Waals surface area (Å²) in [4.78, 5) is 71.2. The van der Waals surface area contributed by atoms with Gasteiger partial charge in [0.15, 0.2) is 5.78 Å². The number of aliphatic carboxylic acids is 1. The van der Waals surface area contributed by atoms with Gasteiger partial charge in [-0.3, -0.25) is 19.2 Å². The molecule has 290 valence electrons. The maximum Gasteiger partial charge on any atom is 0.365 e. The smallest absolute Gasteiger partial charge is 0.365 e. The van der Waals surface area contributed by atoms with Crippen LogP contribution in [0.3, 0.4) is 0 Å². The predicted molar refractivity (Wildman–Crippen MR) is 194 cm³/mol. The summed E-state index contributed by atoms with van der Waals surface area (Å²) in [5.74, 6) is -2.75. The highest BCUT2D eigenvalue weighted by molar-refractivity contribution is 8.13. The zero-order valence-electron chi connectivity index (χ0n) is 31.9. The third-order valence-electron chi connectivity index (χ3n) is 7.59. The minimum Gasteiger partial charge on any atom is -0.480 e. The van der Waals surface area contributed by atoms with Crippen molar-refractivity contribution in [1.82, 2.24) is 21.3 Å². The van der Waals surface area contributed by atoms with Crippen molar-refractivity contribution in [3.05, 3.63) is 0 Å². The Labute approximate surface area is 302 Å². The van der Waals surface area contributed by atoms with Crippen molar-refractivity contribution in [2.45, 2.75) is 149 Å². The first-order valence-corrected chi connectivity index (χ1v) is 18.3. The molecule has 0 unspecified atom stereocenters. The average Bonchev–Trinajstić information content (AvgIpc) is 2.96. The summed E-state index contributed by atoms with van der Waals surface area (Å²) < 4.78 is 12.0. The monoisotopic (exact) mass is 732 g/mol. The Morgan fingerprint density at radius 3 is 1.78 bits per heavy atom. The number of Topliss-reactive ketones (excluding diaryl/α,β-unsaturated/α-hetero) is 1. The molecular weight excluding hydrogens is 668 g/mol. The van der Waals surface area contributed by atoms with E-state index in [9.17, 15) is 33.9 Å². The molecule has 0 fully saturated rings. The Bertz CT molecular complexity index is 1120. The number of carboxylic acids is 1. The van der Waals surface area contributed by atoms with Gasteiger partial charge in [-0.2, -0.15) is 0 Å². The van der Waals surface area contributed by atoms with E-state index < -0.39 is 51.5 Å². The highest BCUT2D eigenvalue weighted by Crippen LogP contribution is 2.22. The molecule has 0 aliphatic heterocycles. The van der Waals surface area contributed by atoms with Crippen LogP contribution in [0.1, 0.15) is 121 Å². The largest absolute Gasteiger partial charge is 0.480 e. The first kappa shape index (κ1) is 47.2. The van der Waals surface area contributed by atoms with Crippen LogP contribution in [0.2, 0.25) is 0 Å². The second-order valence-corrected chi connectivity index (χ2v) is 16.7. The number of carboxylic acid groups (broad SMARTS) is 2. The highest BCUT2D eigenvalue weighted by atomic mass is 32.2. The van der Waals surface area contributed by atoms with E-state index in [4.69, 9.17) is 14.6 Å². The Kier molecular flexibility index (Phi) is 21.0. The van der Waals surface area contributed by atoms with Crippen LogP contribution >= 0.6 is 11.8 Å². The molecule has 2 atom stereocenters. The van der Waals surface area contributed by atoms with Gasteiger partial charge < -0.3 is 41.0 Å². The SMILES string of the molecule is CC(C)(C)N[C@@H](CCCCNC(=O)CCC(C)(C)OCCC(C)(C)OCCNC(=O)CC[C@H](NC(=O)CSC(=O)O)C(=O)O)C(=O)C(C)(C)C. The lowest BCUT2D eigenvalue weighted by atomic mass is 9.84. The number of carbonyl (C=O) groups is 6. The summed E-state index contributed by atoms with van der Waals surface area (Å²) in [6.07, 6.45) is 3.46. The zero-order valence-corrected chi connectivity index (χ0v) is 32.7. The van der Waals surface area contributed by atoms with E-state index in [-0.39, 0.29) is 49.3 Å². The van der Waals surface area contributed by atoms with E-state index in [1.165, 1.54) is 0 Å². The van der Waals surface area contributed by atoms with Crippen molar-refractivity contribution in [2.24, 2.45) is 5.41 Å². The van der Waals surface area contributed by atoms with Gasteiger partial charge in [-0.05, 0) is 98.8 Å². The molecule has 0 spiro atoms. The Morgan fingerprint density at radius 2 is 1.22 bits per heavy atom. The van der Waals surface area contributed by atoms with Gasteiger partial charge in [-0.1, -0.05) is 20.8 Å². The molecule has 0 aromatic carbocycles. The molecule has 0 aromatic heterocycles. The fraction of sp³-hybridized carbons (Fsp3) is 0.829. The quantitative estimate of drug-likeness (QED) is 0.0727. The van der Waals surface area contributed by atoms with Crippen LogP contribution in [-0.2, 0) is 33.4 Å². The van der Waals surface area contributed by atoms with Gasteiger partial charge in [0.2, 0.25) is 17.7 Å². The molecule has 6 N–H and O–H groups in total. The minimum absolute atomic E-state index is 0.0411. The van der Waals surface area contributed by atoms with Crippen LogP contribution in [0, 0.1) is 5.41 Å². The number of carbonyl (C=O) groups excluding carboxylic acids is 4. The van der Waals surface area contributed by atoms with Gasteiger partial charge in [0.1, 0.15) is 6.04 Å². The molecule has 0 rings (SSSR count). The summed E-state index contributed by atoms with van der Waals surface area (Å²) in [6, 6.07) is -1.54.